The lowest BCUT2D eigenvalue weighted by molar-refractivity contribution is 0.409. The van der Waals surface area contributed by atoms with Gasteiger partial charge in [0.1, 0.15) is 0 Å². The summed E-state index contributed by atoms with van der Waals surface area (Å²) in [6.45, 7) is 2.91. The minimum Gasteiger partial charge on any atom is -0.314 e. The average Bonchev–Trinajstić information content (AvgIpc) is 2.72. The first-order valence-electron chi connectivity index (χ1n) is 7.27. The fourth-order valence-electron chi connectivity index (χ4n) is 2.94. The summed E-state index contributed by atoms with van der Waals surface area (Å²) in [5.41, 5.74) is 1.05. The monoisotopic (exact) mass is 349 g/mol. The van der Waals surface area contributed by atoms with Crippen molar-refractivity contribution in [2.24, 2.45) is 5.92 Å². The molecule has 0 radical (unpaired) electrons. The van der Waals surface area contributed by atoms with Gasteiger partial charge in [-0.3, -0.25) is 0 Å². The molecule has 0 aromatic heterocycles. The summed E-state index contributed by atoms with van der Waals surface area (Å²) >= 11 is 12.1. The number of nitrogens with one attached hydrogen (secondary N) is 1. The van der Waals surface area contributed by atoms with Crippen LogP contribution in [-0.4, -0.2) is 32.5 Å². The molecule has 1 aliphatic rings. The standard InChI is InChI=1S/C15H21Cl2NO2S/c1-2-18-14(7-11-5-6-21(19,20)10-11)8-12-3-4-13(16)9-15(12)17/h3-4,9,11,14,18H,2,5-8,10H2,1H3. The Hall–Kier alpha value is -0.290. The highest BCUT2D eigenvalue weighted by Crippen LogP contribution is 2.26. The molecule has 21 heavy (non-hydrogen) atoms. The van der Waals surface area contributed by atoms with Crippen LogP contribution in [0.5, 0.6) is 0 Å². The Morgan fingerprint density at radius 3 is 2.71 bits per heavy atom. The molecule has 1 N–H and O–H groups in total. The molecule has 1 saturated heterocycles. The minimum absolute atomic E-state index is 0.243. The highest BCUT2D eigenvalue weighted by Gasteiger charge is 2.29. The lowest BCUT2D eigenvalue weighted by Crippen LogP contribution is -2.33. The van der Waals surface area contributed by atoms with Crippen LogP contribution in [0.15, 0.2) is 18.2 Å². The molecule has 1 aromatic carbocycles. The van der Waals surface area contributed by atoms with E-state index in [4.69, 9.17) is 23.2 Å². The van der Waals surface area contributed by atoms with Crippen molar-refractivity contribution in [3.8, 4) is 0 Å². The van der Waals surface area contributed by atoms with Gasteiger partial charge in [-0.2, -0.15) is 0 Å². The zero-order valence-electron chi connectivity index (χ0n) is 12.1. The first-order chi connectivity index (χ1) is 9.89. The summed E-state index contributed by atoms with van der Waals surface area (Å²) in [5.74, 6) is 0.909. The Bertz CT molecular complexity index is 589. The van der Waals surface area contributed by atoms with Gasteiger partial charge in [-0.15, -0.1) is 0 Å². The van der Waals surface area contributed by atoms with Crippen LogP contribution >= 0.6 is 23.2 Å². The Kier molecular flexibility index (Phi) is 5.95. The van der Waals surface area contributed by atoms with Gasteiger partial charge in [-0.1, -0.05) is 36.2 Å². The van der Waals surface area contributed by atoms with E-state index in [1.807, 2.05) is 12.1 Å². The molecule has 118 valence electrons. The molecule has 3 nitrogen and oxygen atoms in total. The van der Waals surface area contributed by atoms with Crippen LogP contribution in [0.3, 0.4) is 0 Å². The smallest absolute Gasteiger partial charge is 0.150 e. The number of likely N-dealkylation sites (N-methyl/N-ethyl adjacent to an activating group) is 1. The third-order valence-electron chi connectivity index (χ3n) is 3.92. The molecule has 0 bridgehead atoms. The van der Waals surface area contributed by atoms with Crippen LogP contribution in [0.25, 0.3) is 0 Å². The maximum Gasteiger partial charge on any atom is 0.150 e. The van der Waals surface area contributed by atoms with Crippen LogP contribution < -0.4 is 5.32 Å². The summed E-state index contributed by atoms with van der Waals surface area (Å²) in [6, 6.07) is 5.78. The first kappa shape index (κ1) is 17.1. The van der Waals surface area contributed by atoms with Gasteiger partial charge in [0.15, 0.2) is 9.84 Å². The number of hydrogen-bond donors (Lipinski definition) is 1. The van der Waals surface area contributed by atoms with E-state index in [-0.39, 0.29) is 12.0 Å². The van der Waals surface area contributed by atoms with E-state index in [2.05, 4.69) is 12.2 Å². The predicted octanol–water partition coefficient (Wildman–Crippen LogP) is 3.34. The number of rotatable bonds is 6. The highest BCUT2D eigenvalue weighted by molar-refractivity contribution is 7.91. The molecule has 2 atom stereocenters. The van der Waals surface area contributed by atoms with Crippen molar-refractivity contribution in [1.82, 2.24) is 5.32 Å². The summed E-state index contributed by atoms with van der Waals surface area (Å²) in [4.78, 5) is 0. The van der Waals surface area contributed by atoms with Gasteiger partial charge in [-0.25, -0.2) is 8.42 Å². The van der Waals surface area contributed by atoms with Gasteiger partial charge < -0.3 is 5.32 Å². The first-order valence-corrected chi connectivity index (χ1v) is 9.85. The molecular weight excluding hydrogens is 329 g/mol. The van der Waals surface area contributed by atoms with Gasteiger partial charge in [0.25, 0.3) is 0 Å². The minimum atomic E-state index is -2.81. The fourth-order valence-corrected chi connectivity index (χ4v) is 5.31. The Labute approximate surface area is 136 Å². The SMILES string of the molecule is CCNC(Cc1ccc(Cl)cc1Cl)CC1CCS(=O)(=O)C1. The number of benzene rings is 1. The lowest BCUT2D eigenvalue weighted by Gasteiger charge is -2.21. The Balaban J connectivity index is 2.02. The number of sulfone groups is 1. The van der Waals surface area contributed by atoms with E-state index in [9.17, 15) is 8.42 Å². The van der Waals surface area contributed by atoms with E-state index < -0.39 is 9.84 Å². The van der Waals surface area contributed by atoms with E-state index in [1.54, 1.807) is 6.07 Å². The average molecular weight is 350 g/mol. The van der Waals surface area contributed by atoms with Crippen molar-refractivity contribution >= 4 is 33.0 Å². The quantitative estimate of drug-likeness (QED) is 0.856. The fraction of sp³-hybridized carbons (Fsp3) is 0.600. The van der Waals surface area contributed by atoms with Gasteiger partial charge in [-0.05, 0) is 49.4 Å². The van der Waals surface area contributed by atoms with Gasteiger partial charge in [0.2, 0.25) is 0 Å². The number of hydrogen-bond acceptors (Lipinski definition) is 3. The van der Waals surface area contributed by atoms with Crippen LogP contribution in [0.2, 0.25) is 10.0 Å². The molecular formula is C15H21Cl2NO2S. The Morgan fingerprint density at radius 2 is 2.14 bits per heavy atom. The second-order valence-electron chi connectivity index (χ2n) is 5.70. The maximum absolute atomic E-state index is 11.6. The third-order valence-corrected chi connectivity index (χ3v) is 6.34. The molecule has 0 aliphatic carbocycles. The molecule has 1 fully saturated rings. The van der Waals surface area contributed by atoms with Crippen LogP contribution in [-0.2, 0) is 16.3 Å². The highest BCUT2D eigenvalue weighted by atomic mass is 35.5. The molecule has 2 unspecified atom stereocenters. The van der Waals surface area contributed by atoms with Gasteiger partial charge in [0, 0.05) is 16.1 Å². The van der Waals surface area contributed by atoms with Crippen molar-refractivity contribution < 1.29 is 8.42 Å². The molecule has 1 heterocycles. The van der Waals surface area contributed by atoms with E-state index in [1.165, 1.54) is 0 Å². The molecule has 0 saturated carbocycles. The predicted molar refractivity (Wildman–Crippen MR) is 89.0 cm³/mol. The maximum atomic E-state index is 11.6. The summed E-state index contributed by atoms with van der Waals surface area (Å²) < 4.78 is 23.1. The van der Waals surface area contributed by atoms with E-state index in [0.717, 1.165) is 31.4 Å². The van der Waals surface area contributed by atoms with Gasteiger partial charge in [0.05, 0.1) is 11.5 Å². The summed E-state index contributed by atoms with van der Waals surface area (Å²) in [5, 5.41) is 4.74. The van der Waals surface area contributed by atoms with Crippen molar-refractivity contribution in [2.75, 3.05) is 18.1 Å². The molecule has 0 amide bonds. The normalized spacial score (nSPS) is 22.3. The zero-order valence-corrected chi connectivity index (χ0v) is 14.4. The number of halogens is 2. The largest absolute Gasteiger partial charge is 0.314 e. The summed E-state index contributed by atoms with van der Waals surface area (Å²) in [7, 11) is -2.81. The van der Waals surface area contributed by atoms with Crippen LogP contribution in [0.4, 0.5) is 0 Å². The molecule has 1 aromatic rings. The lowest BCUT2D eigenvalue weighted by atomic mass is 9.94. The Morgan fingerprint density at radius 1 is 1.38 bits per heavy atom. The van der Waals surface area contributed by atoms with Gasteiger partial charge >= 0.3 is 0 Å². The van der Waals surface area contributed by atoms with Crippen molar-refractivity contribution in [1.29, 1.82) is 0 Å². The zero-order chi connectivity index (χ0) is 15.5. The van der Waals surface area contributed by atoms with Crippen molar-refractivity contribution in [3.05, 3.63) is 33.8 Å². The van der Waals surface area contributed by atoms with Crippen molar-refractivity contribution in [3.63, 3.8) is 0 Å². The van der Waals surface area contributed by atoms with Crippen LogP contribution in [0.1, 0.15) is 25.3 Å². The molecule has 0 spiro atoms. The topological polar surface area (TPSA) is 46.2 Å². The van der Waals surface area contributed by atoms with E-state index in [0.29, 0.717) is 21.6 Å². The van der Waals surface area contributed by atoms with E-state index >= 15 is 0 Å². The molecule has 2 rings (SSSR count). The third kappa shape index (κ3) is 5.13. The second kappa shape index (κ2) is 7.32. The summed E-state index contributed by atoms with van der Waals surface area (Å²) in [6.07, 6.45) is 2.44. The molecule has 1 aliphatic heterocycles. The van der Waals surface area contributed by atoms with Crippen molar-refractivity contribution in [2.45, 2.75) is 32.2 Å². The second-order valence-corrected chi connectivity index (χ2v) is 8.77. The molecule has 6 heteroatoms. The van der Waals surface area contributed by atoms with Crippen LogP contribution in [0, 0.1) is 5.92 Å².